The van der Waals surface area contributed by atoms with Crippen LogP contribution in [0.2, 0.25) is 10.0 Å². The summed E-state index contributed by atoms with van der Waals surface area (Å²) in [6.45, 7) is 1.52. The Kier molecular flexibility index (Phi) is 9.52. The monoisotopic (exact) mass is 514 g/mol. The third kappa shape index (κ3) is 8.63. The van der Waals surface area contributed by atoms with E-state index in [4.69, 9.17) is 32.7 Å². The zero-order valence-electron chi connectivity index (χ0n) is 19.0. The van der Waals surface area contributed by atoms with Gasteiger partial charge in [-0.05, 0) is 67.4 Å². The van der Waals surface area contributed by atoms with Gasteiger partial charge in [-0.1, -0.05) is 41.4 Å². The quantitative estimate of drug-likeness (QED) is 0.306. The largest absolute Gasteiger partial charge is 0.457 e. The zero-order chi connectivity index (χ0) is 25.2. The van der Waals surface area contributed by atoms with Gasteiger partial charge in [-0.15, -0.1) is 0 Å². The lowest BCUT2D eigenvalue weighted by Gasteiger charge is -2.09. The predicted molar refractivity (Wildman–Crippen MR) is 136 cm³/mol. The number of carbonyl (C=O) groups is 3. The lowest BCUT2D eigenvalue weighted by molar-refractivity contribution is -0.147. The number of hydrogen-bond acceptors (Lipinski definition) is 5. The predicted octanol–water partition coefficient (Wildman–Crippen LogP) is 6.38. The van der Waals surface area contributed by atoms with E-state index in [0.717, 1.165) is 11.3 Å². The average molecular weight is 515 g/mol. The van der Waals surface area contributed by atoms with Crippen molar-refractivity contribution in [3.05, 3.63) is 82.3 Å². The van der Waals surface area contributed by atoms with Gasteiger partial charge in [0.05, 0.1) is 15.7 Å². The van der Waals surface area contributed by atoms with Crippen LogP contribution in [-0.4, -0.2) is 24.4 Å². The van der Waals surface area contributed by atoms with Crippen molar-refractivity contribution in [1.82, 2.24) is 0 Å². The number of anilines is 2. The highest BCUT2D eigenvalue weighted by Gasteiger charge is 2.12. The normalized spacial score (nSPS) is 10.4. The van der Waals surface area contributed by atoms with E-state index in [9.17, 15) is 14.4 Å². The Morgan fingerprint density at radius 3 is 2.31 bits per heavy atom. The van der Waals surface area contributed by atoms with Crippen molar-refractivity contribution in [2.24, 2.45) is 0 Å². The SMILES string of the molecule is Cc1cccc(Oc2ccc(NC(=O)CCCC(=O)OCC(=O)Nc3cccc(Cl)c3Cl)cc2)c1. The number of rotatable bonds is 10. The van der Waals surface area contributed by atoms with Crippen molar-refractivity contribution in [2.45, 2.75) is 26.2 Å². The second-order valence-electron chi connectivity index (χ2n) is 7.65. The molecule has 7 nitrogen and oxygen atoms in total. The standard InChI is InChI=1S/C26H24Cl2N2O5/c1-17-5-2-6-20(15-17)35-19-13-11-18(12-14-19)29-23(31)9-4-10-25(33)34-16-24(32)30-22-8-3-7-21(27)26(22)28/h2-3,5-8,11-15H,4,9-10,16H2,1H3,(H,29,31)(H,30,32). The Morgan fingerprint density at radius 2 is 1.57 bits per heavy atom. The van der Waals surface area contributed by atoms with Crippen molar-refractivity contribution >= 4 is 52.4 Å². The van der Waals surface area contributed by atoms with Crippen molar-refractivity contribution < 1.29 is 23.9 Å². The number of esters is 1. The molecule has 35 heavy (non-hydrogen) atoms. The summed E-state index contributed by atoms with van der Waals surface area (Å²) in [6, 6.07) is 19.5. The van der Waals surface area contributed by atoms with E-state index in [1.807, 2.05) is 31.2 Å². The summed E-state index contributed by atoms with van der Waals surface area (Å²) in [5.41, 5.74) is 2.04. The van der Waals surface area contributed by atoms with Crippen LogP contribution in [0.25, 0.3) is 0 Å². The third-order valence-corrected chi connectivity index (χ3v) is 5.56. The fraction of sp³-hybridized carbons (Fsp3) is 0.192. The van der Waals surface area contributed by atoms with Crippen LogP contribution in [0, 0.1) is 6.92 Å². The summed E-state index contributed by atoms with van der Waals surface area (Å²) in [6.07, 6.45) is 0.407. The first-order chi connectivity index (χ1) is 16.8. The lowest BCUT2D eigenvalue weighted by atomic mass is 10.2. The van der Waals surface area contributed by atoms with Gasteiger partial charge >= 0.3 is 5.97 Å². The van der Waals surface area contributed by atoms with Crippen molar-refractivity contribution in [3.8, 4) is 11.5 Å². The Labute approximate surface area is 213 Å². The molecule has 182 valence electrons. The van der Waals surface area contributed by atoms with Crippen LogP contribution in [0.3, 0.4) is 0 Å². The van der Waals surface area contributed by atoms with Gasteiger partial charge in [0.15, 0.2) is 6.61 Å². The molecule has 3 aromatic carbocycles. The summed E-state index contributed by atoms with van der Waals surface area (Å²) in [5, 5.41) is 5.79. The highest BCUT2D eigenvalue weighted by molar-refractivity contribution is 6.44. The average Bonchev–Trinajstić information content (AvgIpc) is 2.82. The summed E-state index contributed by atoms with van der Waals surface area (Å²) in [7, 11) is 0. The van der Waals surface area contributed by atoms with E-state index in [-0.39, 0.29) is 30.2 Å². The van der Waals surface area contributed by atoms with Crippen LogP contribution in [0.5, 0.6) is 11.5 Å². The Hall–Kier alpha value is -3.55. The number of nitrogens with one attached hydrogen (secondary N) is 2. The maximum absolute atomic E-state index is 12.2. The number of halogens is 2. The molecule has 0 unspecified atom stereocenters. The first-order valence-electron chi connectivity index (χ1n) is 10.8. The minimum atomic E-state index is -0.581. The van der Waals surface area contributed by atoms with Crippen LogP contribution in [-0.2, 0) is 19.1 Å². The zero-order valence-corrected chi connectivity index (χ0v) is 20.5. The van der Waals surface area contributed by atoms with Crippen LogP contribution in [0.4, 0.5) is 11.4 Å². The number of ether oxygens (including phenoxy) is 2. The van der Waals surface area contributed by atoms with Crippen LogP contribution in [0.15, 0.2) is 66.7 Å². The second kappa shape index (κ2) is 12.8. The van der Waals surface area contributed by atoms with Crippen LogP contribution < -0.4 is 15.4 Å². The number of aryl methyl sites for hydroxylation is 1. The van der Waals surface area contributed by atoms with Gasteiger partial charge in [0.2, 0.25) is 5.91 Å². The van der Waals surface area contributed by atoms with Crippen LogP contribution in [0.1, 0.15) is 24.8 Å². The molecule has 0 bridgehead atoms. The molecule has 0 aliphatic heterocycles. The fourth-order valence-electron chi connectivity index (χ4n) is 3.04. The Bertz CT molecular complexity index is 1200. The fourth-order valence-corrected chi connectivity index (χ4v) is 3.39. The minimum absolute atomic E-state index is 0.00188. The van der Waals surface area contributed by atoms with E-state index in [0.29, 0.717) is 22.1 Å². The second-order valence-corrected chi connectivity index (χ2v) is 8.44. The molecular formula is C26H24Cl2N2O5. The molecule has 0 spiro atoms. The molecule has 2 N–H and O–H groups in total. The number of benzene rings is 3. The number of carbonyl (C=O) groups excluding carboxylic acids is 3. The highest BCUT2D eigenvalue weighted by atomic mass is 35.5. The van der Waals surface area contributed by atoms with Gasteiger partial charge in [-0.2, -0.15) is 0 Å². The molecule has 3 aromatic rings. The topological polar surface area (TPSA) is 93.7 Å². The van der Waals surface area contributed by atoms with Crippen molar-refractivity contribution in [2.75, 3.05) is 17.2 Å². The molecule has 0 atom stereocenters. The summed E-state index contributed by atoms with van der Waals surface area (Å²) < 4.78 is 10.7. The Balaban J connectivity index is 1.34. The van der Waals surface area contributed by atoms with E-state index < -0.39 is 18.5 Å². The van der Waals surface area contributed by atoms with Crippen LogP contribution >= 0.6 is 23.2 Å². The molecule has 0 radical (unpaired) electrons. The van der Waals surface area contributed by atoms with Gasteiger partial charge in [0.25, 0.3) is 5.91 Å². The number of hydrogen-bond donors (Lipinski definition) is 2. The molecule has 0 aromatic heterocycles. The lowest BCUT2D eigenvalue weighted by Crippen LogP contribution is -2.21. The summed E-state index contributed by atoms with van der Waals surface area (Å²) in [4.78, 5) is 36.0. The molecule has 2 amide bonds. The molecule has 0 saturated carbocycles. The van der Waals surface area contributed by atoms with E-state index in [1.54, 1.807) is 42.5 Å². The van der Waals surface area contributed by atoms with Gasteiger partial charge in [-0.3, -0.25) is 14.4 Å². The smallest absolute Gasteiger partial charge is 0.306 e. The highest BCUT2D eigenvalue weighted by Crippen LogP contribution is 2.29. The van der Waals surface area contributed by atoms with Gasteiger partial charge in [0, 0.05) is 18.5 Å². The molecule has 9 heteroatoms. The first-order valence-corrected chi connectivity index (χ1v) is 11.6. The molecule has 3 rings (SSSR count). The molecule has 0 fully saturated rings. The number of amides is 2. The van der Waals surface area contributed by atoms with Gasteiger partial charge in [-0.25, -0.2) is 0 Å². The summed E-state index contributed by atoms with van der Waals surface area (Å²) in [5.74, 6) is 0.0220. The minimum Gasteiger partial charge on any atom is -0.457 e. The molecule has 0 saturated heterocycles. The van der Waals surface area contributed by atoms with Gasteiger partial charge in [0.1, 0.15) is 11.5 Å². The van der Waals surface area contributed by atoms with Crippen molar-refractivity contribution in [1.29, 1.82) is 0 Å². The molecule has 0 aliphatic carbocycles. The molecule has 0 aliphatic rings. The van der Waals surface area contributed by atoms with E-state index in [2.05, 4.69) is 10.6 Å². The molecular weight excluding hydrogens is 491 g/mol. The molecule has 0 heterocycles. The maximum Gasteiger partial charge on any atom is 0.306 e. The summed E-state index contributed by atoms with van der Waals surface area (Å²) >= 11 is 11.9. The first kappa shape index (κ1) is 26.1. The van der Waals surface area contributed by atoms with E-state index >= 15 is 0 Å². The van der Waals surface area contributed by atoms with Crippen molar-refractivity contribution in [3.63, 3.8) is 0 Å². The van der Waals surface area contributed by atoms with E-state index in [1.165, 1.54) is 0 Å². The third-order valence-electron chi connectivity index (χ3n) is 4.74. The Morgan fingerprint density at radius 1 is 0.829 bits per heavy atom. The maximum atomic E-state index is 12.2. The van der Waals surface area contributed by atoms with Gasteiger partial charge < -0.3 is 20.1 Å².